The first-order valence-corrected chi connectivity index (χ1v) is 12.1. The number of nitrogens with zero attached hydrogens (tertiary/aromatic N) is 5. The molecule has 3 N–H and O–H groups in total. The van der Waals surface area contributed by atoms with E-state index >= 15 is 0 Å². The fourth-order valence-corrected chi connectivity index (χ4v) is 6.14. The Hall–Kier alpha value is -3.98. The summed E-state index contributed by atoms with van der Waals surface area (Å²) in [6.07, 6.45) is 1.86. The molecule has 2 amide bonds. The lowest BCUT2D eigenvalue weighted by molar-refractivity contribution is -0.661. The maximum atomic E-state index is 13.0. The van der Waals surface area contributed by atoms with Gasteiger partial charge in [-0.3, -0.25) is 14.5 Å². The van der Waals surface area contributed by atoms with Crippen molar-refractivity contribution in [2.75, 3.05) is 18.6 Å². The summed E-state index contributed by atoms with van der Waals surface area (Å²) in [6.45, 7) is 0.283. The first kappa shape index (κ1) is 22.8. The molecule has 5 rings (SSSR count). The molecule has 1 unspecified atom stereocenters. The van der Waals surface area contributed by atoms with Gasteiger partial charge in [-0.05, 0) is 17.5 Å². The summed E-state index contributed by atoms with van der Waals surface area (Å²) >= 11 is 2.88. The summed E-state index contributed by atoms with van der Waals surface area (Å²) in [6, 6.07) is 4.55. The number of carbonyl (C=O) groups is 3. The van der Waals surface area contributed by atoms with Crippen LogP contribution in [0.3, 0.4) is 0 Å². The number of thiophene rings is 1. The van der Waals surface area contributed by atoms with Gasteiger partial charge in [0.25, 0.3) is 16.6 Å². The van der Waals surface area contributed by atoms with Crippen LogP contribution in [0.25, 0.3) is 10.2 Å². The first-order valence-electron chi connectivity index (χ1n) is 10.1. The molecule has 35 heavy (non-hydrogen) atoms. The molecule has 1 fully saturated rings. The topological polar surface area (TPSA) is 180 Å². The third-order valence-electron chi connectivity index (χ3n) is 5.42. The molecule has 5 heterocycles. The van der Waals surface area contributed by atoms with Crippen LogP contribution in [0.15, 0.2) is 50.7 Å². The Morgan fingerprint density at radius 3 is 3.00 bits per heavy atom. The van der Waals surface area contributed by atoms with Gasteiger partial charge < -0.3 is 30.3 Å². The number of carboxylic acids is 1. The molecule has 0 saturated carbocycles. The van der Waals surface area contributed by atoms with Crippen LogP contribution in [-0.2, 0) is 25.8 Å². The summed E-state index contributed by atoms with van der Waals surface area (Å²) in [5.74, 6) is -2.74. The molecule has 13 nitrogen and oxygen atoms in total. The highest BCUT2D eigenvalue weighted by atomic mass is 32.2. The van der Waals surface area contributed by atoms with E-state index in [4.69, 9.17) is 5.73 Å². The highest BCUT2D eigenvalue weighted by Gasteiger charge is 2.53. The number of nitrogens with two attached hydrogens (primary N) is 1. The molecule has 180 valence electrons. The number of anilines is 1. The molecule has 3 aromatic heterocycles. The van der Waals surface area contributed by atoms with Crippen molar-refractivity contribution in [1.29, 1.82) is 0 Å². The highest BCUT2D eigenvalue weighted by Crippen LogP contribution is 2.40. The van der Waals surface area contributed by atoms with Gasteiger partial charge in [-0.1, -0.05) is 21.6 Å². The monoisotopic (exact) mass is 515 g/mol. The predicted molar refractivity (Wildman–Crippen MR) is 121 cm³/mol. The molecule has 0 radical (unpaired) electrons. The van der Waals surface area contributed by atoms with Gasteiger partial charge in [0.2, 0.25) is 11.5 Å². The Bertz CT molecular complexity index is 1410. The first-order chi connectivity index (χ1) is 16.9. The average Bonchev–Trinajstić information content (AvgIpc) is 3.49. The van der Waals surface area contributed by atoms with Gasteiger partial charge in [0.15, 0.2) is 12.7 Å². The Balaban J connectivity index is 1.38. The van der Waals surface area contributed by atoms with Gasteiger partial charge in [0.1, 0.15) is 18.5 Å². The van der Waals surface area contributed by atoms with E-state index in [-0.39, 0.29) is 29.8 Å². The van der Waals surface area contributed by atoms with Crippen molar-refractivity contribution in [3.05, 3.63) is 46.9 Å². The van der Waals surface area contributed by atoms with Crippen LogP contribution in [0.2, 0.25) is 0 Å². The molecule has 0 aromatic carbocycles. The van der Waals surface area contributed by atoms with Gasteiger partial charge in [-0.15, -0.1) is 11.8 Å². The zero-order chi connectivity index (χ0) is 24.7. The molecule has 3 aromatic rings. The lowest BCUT2D eigenvalue weighted by atomic mass is 10.0. The Morgan fingerprint density at radius 2 is 2.29 bits per heavy atom. The number of hydrogen-bond donors (Lipinski definition) is 2. The van der Waals surface area contributed by atoms with Crippen molar-refractivity contribution in [2.24, 2.45) is 5.16 Å². The number of carbonyl (C=O) groups excluding carboxylic acids is 3. The largest absolute Gasteiger partial charge is 0.543 e. The van der Waals surface area contributed by atoms with Crippen LogP contribution >= 0.6 is 23.1 Å². The number of carboxylic acid groups (broad SMARTS) is 1. The van der Waals surface area contributed by atoms with E-state index in [1.807, 2.05) is 34.3 Å². The predicted octanol–water partition coefficient (Wildman–Crippen LogP) is -1.39. The smallest absolute Gasteiger partial charge is 0.319 e. The lowest BCUT2D eigenvalue weighted by Gasteiger charge is -2.50. The summed E-state index contributed by atoms with van der Waals surface area (Å²) in [5.41, 5.74) is 5.41. The fraction of sp³-hybridized carbons (Fsp3) is 0.250. The Kier molecular flexibility index (Phi) is 5.86. The number of aliphatic carboxylic acids is 1. The highest BCUT2D eigenvalue weighted by molar-refractivity contribution is 8.00. The number of nitrogens with one attached hydrogen (secondary N) is 1. The Labute approximate surface area is 205 Å². The van der Waals surface area contributed by atoms with E-state index in [2.05, 4.69) is 30.0 Å². The summed E-state index contributed by atoms with van der Waals surface area (Å²) in [7, 11) is 1.22. The fourth-order valence-electron chi connectivity index (χ4n) is 3.93. The molecule has 1 saturated heterocycles. The van der Waals surface area contributed by atoms with Gasteiger partial charge in [-0.2, -0.15) is 9.55 Å². The maximum Gasteiger partial charge on any atom is 0.319 e. The second-order valence-electron chi connectivity index (χ2n) is 7.50. The molecule has 2 aliphatic heterocycles. The Morgan fingerprint density at radius 1 is 1.46 bits per heavy atom. The zero-order valence-corrected chi connectivity index (χ0v) is 19.7. The third-order valence-corrected chi connectivity index (χ3v) is 7.72. The van der Waals surface area contributed by atoms with Crippen molar-refractivity contribution in [1.82, 2.24) is 20.4 Å². The van der Waals surface area contributed by atoms with E-state index in [1.54, 1.807) is 0 Å². The number of rotatable bonds is 7. The number of pyridine rings is 1. The molecular formula is C20H17N7O6S2. The number of hydrogen-bond acceptors (Lipinski definition) is 12. The number of β-lactam (4-membered cyclic amide) rings is 1. The molecule has 2 aliphatic rings. The lowest BCUT2D eigenvalue weighted by Crippen LogP contribution is -2.71. The van der Waals surface area contributed by atoms with Gasteiger partial charge in [0.05, 0.1) is 17.1 Å². The third kappa shape index (κ3) is 3.97. The molecule has 15 heteroatoms. The summed E-state index contributed by atoms with van der Waals surface area (Å²) in [5, 5.41) is 24.1. The van der Waals surface area contributed by atoms with Gasteiger partial charge in [0, 0.05) is 17.4 Å². The van der Waals surface area contributed by atoms with Crippen molar-refractivity contribution in [3.8, 4) is 0 Å². The quantitative estimate of drug-likeness (QED) is 0.165. The SMILES string of the molecule is CON=C(C(=O)NC1C(=O)N2C(C(=O)[O-])=C(C[n+]3cccc4ccsc43)CS[C@@H]12)c1noc(N)n1. The van der Waals surface area contributed by atoms with Crippen molar-refractivity contribution in [2.45, 2.75) is 18.0 Å². The number of oxime groups is 1. The second-order valence-corrected chi connectivity index (χ2v) is 9.50. The van der Waals surface area contributed by atoms with Gasteiger partial charge in [-0.25, -0.2) is 0 Å². The number of thioether (sulfide) groups is 1. The number of amides is 2. The van der Waals surface area contributed by atoms with E-state index in [1.165, 1.54) is 30.2 Å². The van der Waals surface area contributed by atoms with E-state index < -0.39 is 29.2 Å². The average molecular weight is 516 g/mol. The van der Waals surface area contributed by atoms with E-state index in [0.29, 0.717) is 11.3 Å². The number of aromatic nitrogens is 3. The molecule has 2 atom stereocenters. The van der Waals surface area contributed by atoms with Crippen LogP contribution in [0.1, 0.15) is 5.82 Å². The van der Waals surface area contributed by atoms with Crippen LogP contribution in [0.5, 0.6) is 0 Å². The van der Waals surface area contributed by atoms with E-state index in [9.17, 15) is 19.5 Å². The van der Waals surface area contributed by atoms with Crippen molar-refractivity contribution in [3.63, 3.8) is 0 Å². The molecule has 0 aliphatic carbocycles. The minimum Gasteiger partial charge on any atom is -0.543 e. The summed E-state index contributed by atoms with van der Waals surface area (Å²) < 4.78 is 6.60. The van der Waals surface area contributed by atoms with E-state index in [0.717, 1.165) is 15.1 Å². The number of nitrogen functional groups attached to an aromatic ring is 1. The zero-order valence-electron chi connectivity index (χ0n) is 18.0. The van der Waals surface area contributed by atoms with Gasteiger partial charge >= 0.3 is 6.01 Å². The molecule has 0 spiro atoms. The standard InChI is InChI=1S/C20H17N7O6S2/c1-32-24-11(14-23-20(21)33-25-14)15(28)22-12-16(29)27-13(19(30)31)10(8-35-18(12)27)7-26-5-2-3-9-4-6-34-17(9)26/h2-6,12,18H,7-8H2,1H3,(H3-,21,22,23,25,28,30,31)/t12?,18-/m0/s1. The maximum absolute atomic E-state index is 13.0. The van der Waals surface area contributed by atoms with Crippen LogP contribution in [0.4, 0.5) is 6.01 Å². The number of fused-ring (bicyclic) bond motifs is 2. The minimum absolute atomic E-state index is 0.179. The van der Waals surface area contributed by atoms with Crippen LogP contribution in [0, 0.1) is 0 Å². The van der Waals surface area contributed by atoms with Crippen molar-refractivity contribution >= 4 is 62.8 Å². The molecule has 0 bridgehead atoms. The van der Waals surface area contributed by atoms with Crippen LogP contribution in [-0.4, -0.2) is 62.8 Å². The molecular weight excluding hydrogens is 498 g/mol. The second kappa shape index (κ2) is 8.99. The minimum atomic E-state index is -1.45. The van der Waals surface area contributed by atoms with Crippen LogP contribution < -0.4 is 20.7 Å². The summed E-state index contributed by atoms with van der Waals surface area (Å²) in [4.78, 5) is 48.4. The normalized spacial score (nSPS) is 20.0. The van der Waals surface area contributed by atoms with Crippen molar-refractivity contribution < 1.29 is 33.4 Å².